The molecule has 8 heavy (non-hydrogen) atoms. The summed E-state index contributed by atoms with van der Waals surface area (Å²) in [6.45, 7) is 3.94. The molecule has 2 aliphatic rings. The van der Waals surface area contributed by atoms with Crippen LogP contribution in [-0.4, -0.2) is 0 Å². The van der Waals surface area contributed by atoms with Crippen molar-refractivity contribution >= 4 is 0 Å². The van der Waals surface area contributed by atoms with E-state index in [0.29, 0.717) is 0 Å². The van der Waals surface area contributed by atoms with Crippen LogP contribution < -0.4 is 0 Å². The Morgan fingerprint density at radius 2 is 1.50 bits per heavy atom. The molecule has 0 saturated carbocycles. The van der Waals surface area contributed by atoms with Crippen molar-refractivity contribution in [2.45, 2.75) is 25.7 Å². The first-order valence-electron chi connectivity index (χ1n) is 3.31. The first kappa shape index (κ1) is 4.37. The van der Waals surface area contributed by atoms with Crippen molar-refractivity contribution in [3.63, 3.8) is 0 Å². The standard InChI is InChI=1S/C8H10/c1-6-7-4-2-3-5-8(6)7/h1-5H2. The van der Waals surface area contributed by atoms with E-state index < -0.39 is 0 Å². The number of hydrogen-bond acceptors (Lipinski definition) is 0. The second-order valence-electron chi connectivity index (χ2n) is 2.64. The molecule has 42 valence electrons. The Bertz CT molecular complexity index is 154. The average molecular weight is 106 g/mol. The molecule has 0 atom stereocenters. The zero-order chi connectivity index (χ0) is 5.56. The van der Waals surface area contributed by atoms with E-state index in [0.717, 1.165) is 0 Å². The molecule has 0 amide bonds. The van der Waals surface area contributed by atoms with Crippen LogP contribution in [0.1, 0.15) is 25.7 Å². The van der Waals surface area contributed by atoms with E-state index in [-0.39, 0.29) is 0 Å². The summed E-state index contributed by atoms with van der Waals surface area (Å²) >= 11 is 0. The van der Waals surface area contributed by atoms with Gasteiger partial charge < -0.3 is 0 Å². The van der Waals surface area contributed by atoms with Crippen LogP contribution in [0.2, 0.25) is 0 Å². The smallest absolute Gasteiger partial charge is 0.0259 e. The monoisotopic (exact) mass is 106 g/mol. The first-order chi connectivity index (χ1) is 3.89. The fourth-order valence-electron chi connectivity index (χ4n) is 1.53. The molecule has 0 saturated heterocycles. The molecule has 0 aliphatic heterocycles. The maximum Gasteiger partial charge on any atom is -0.0259 e. The van der Waals surface area contributed by atoms with E-state index in [9.17, 15) is 0 Å². The molecule has 0 bridgehead atoms. The molecule has 0 heteroatoms. The summed E-state index contributed by atoms with van der Waals surface area (Å²) in [5, 5.41) is 0. The molecule has 0 spiro atoms. The van der Waals surface area contributed by atoms with Gasteiger partial charge >= 0.3 is 0 Å². The Morgan fingerprint density at radius 1 is 1.00 bits per heavy atom. The third-order valence-corrected chi connectivity index (χ3v) is 2.13. The van der Waals surface area contributed by atoms with Crippen molar-refractivity contribution in [1.82, 2.24) is 0 Å². The van der Waals surface area contributed by atoms with Crippen molar-refractivity contribution in [3.8, 4) is 0 Å². The lowest BCUT2D eigenvalue weighted by Crippen LogP contribution is -1.77. The van der Waals surface area contributed by atoms with Crippen molar-refractivity contribution in [2.75, 3.05) is 0 Å². The number of allylic oxidation sites excluding steroid dienone is 3. The summed E-state index contributed by atoms with van der Waals surface area (Å²) in [5.41, 5.74) is 4.61. The second kappa shape index (κ2) is 1.25. The molecule has 0 heterocycles. The van der Waals surface area contributed by atoms with Gasteiger partial charge in [-0.25, -0.2) is 0 Å². The highest BCUT2D eigenvalue weighted by molar-refractivity contribution is 5.65. The van der Waals surface area contributed by atoms with E-state index in [1.807, 2.05) is 0 Å². The van der Waals surface area contributed by atoms with Crippen molar-refractivity contribution in [2.24, 2.45) is 0 Å². The molecule has 2 aliphatic carbocycles. The maximum absolute atomic E-state index is 3.94. The van der Waals surface area contributed by atoms with Crippen molar-refractivity contribution < 1.29 is 0 Å². The average Bonchev–Trinajstić information content (AvgIpc) is 2.46. The molecular weight excluding hydrogens is 96.1 g/mol. The normalized spacial score (nSPS) is 25.8. The molecule has 0 aromatic heterocycles. The van der Waals surface area contributed by atoms with Gasteiger partial charge in [0.1, 0.15) is 0 Å². The van der Waals surface area contributed by atoms with E-state index in [4.69, 9.17) is 0 Å². The van der Waals surface area contributed by atoms with Gasteiger partial charge in [-0.3, -0.25) is 0 Å². The number of rotatable bonds is 0. The topological polar surface area (TPSA) is 0 Å². The maximum atomic E-state index is 3.94. The fourth-order valence-corrected chi connectivity index (χ4v) is 1.53. The van der Waals surface area contributed by atoms with Gasteiger partial charge in [0, 0.05) is 0 Å². The van der Waals surface area contributed by atoms with Gasteiger partial charge in [0.25, 0.3) is 0 Å². The Labute approximate surface area is 49.9 Å². The molecule has 0 N–H and O–H groups in total. The zero-order valence-corrected chi connectivity index (χ0v) is 5.04. The lowest BCUT2D eigenvalue weighted by Gasteiger charge is -1.95. The van der Waals surface area contributed by atoms with E-state index in [2.05, 4.69) is 6.58 Å². The van der Waals surface area contributed by atoms with Gasteiger partial charge in [0.15, 0.2) is 0 Å². The summed E-state index contributed by atoms with van der Waals surface area (Å²) in [4.78, 5) is 0. The SMILES string of the molecule is C=C1C2=C1CCCC2. The van der Waals surface area contributed by atoms with E-state index >= 15 is 0 Å². The minimum Gasteiger partial charge on any atom is -0.0912 e. The van der Waals surface area contributed by atoms with Crippen LogP contribution in [0, 0.1) is 0 Å². The van der Waals surface area contributed by atoms with Crippen LogP contribution in [0.3, 0.4) is 0 Å². The summed E-state index contributed by atoms with van der Waals surface area (Å²) in [5.74, 6) is 0. The van der Waals surface area contributed by atoms with Crippen molar-refractivity contribution in [1.29, 1.82) is 0 Å². The lowest BCUT2D eigenvalue weighted by molar-refractivity contribution is 0.730. The highest BCUT2D eigenvalue weighted by atomic mass is 14.3. The molecule has 0 aromatic carbocycles. The van der Waals surface area contributed by atoms with Crippen LogP contribution in [-0.2, 0) is 0 Å². The second-order valence-corrected chi connectivity index (χ2v) is 2.64. The Morgan fingerprint density at radius 3 is 1.88 bits per heavy atom. The Kier molecular flexibility index (Phi) is 0.682. The summed E-state index contributed by atoms with van der Waals surface area (Å²) in [7, 11) is 0. The molecule has 0 aromatic rings. The van der Waals surface area contributed by atoms with Gasteiger partial charge in [0.2, 0.25) is 0 Å². The molecule has 0 radical (unpaired) electrons. The van der Waals surface area contributed by atoms with Gasteiger partial charge in [-0.15, -0.1) is 0 Å². The predicted molar refractivity (Wildman–Crippen MR) is 34.6 cm³/mol. The molecule has 2 rings (SSSR count). The van der Waals surface area contributed by atoms with Crippen LogP contribution in [0.25, 0.3) is 0 Å². The predicted octanol–water partition coefficient (Wildman–Crippen LogP) is 2.43. The Hall–Kier alpha value is -0.520. The number of hydrogen-bond donors (Lipinski definition) is 0. The first-order valence-corrected chi connectivity index (χ1v) is 3.31. The third kappa shape index (κ3) is 0.405. The lowest BCUT2D eigenvalue weighted by atomic mass is 10.1. The van der Waals surface area contributed by atoms with Crippen LogP contribution in [0.4, 0.5) is 0 Å². The van der Waals surface area contributed by atoms with Gasteiger partial charge in [-0.1, -0.05) is 6.58 Å². The zero-order valence-electron chi connectivity index (χ0n) is 5.04. The van der Waals surface area contributed by atoms with Gasteiger partial charge in [0.05, 0.1) is 0 Å². The van der Waals surface area contributed by atoms with Crippen LogP contribution in [0.15, 0.2) is 23.3 Å². The summed E-state index contributed by atoms with van der Waals surface area (Å²) < 4.78 is 0. The van der Waals surface area contributed by atoms with Crippen molar-refractivity contribution in [3.05, 3.63) is 23.3 Å². The van der Waals surface area contributed by atoms with Crippen LogP contribution in [0.5, 0.6) is 0 Å². The highest BCUT2D eigenvalue weighted by Crippen LogP contribution is 2.46. The van der Waals surface area contributed by atoms with Crippen LogP contribution >= 0.6 is 0 Å². The van der Waals surface area contributed by atoms with Gasteiger partial charge in [-0.05, 0) is 42.4 Å². The summed E-state index contributed by atoms with van der Waals surface area (Å²) in [6.07, 6.45) is 5.46. The van der Waals surface area contributed by atoms with E-state index in [1.54, 1.807) is 11.1 Å². The van der Waals surface area contributed by atoms with Gasteiger partial charge in [-0.2, -0.15) is 0 Å². The fraction of sp³-hybridized carbons (Fsp3) is 0.500. The van der Waals surface area contributed by atoms with E-state index in [1.165, 1.54) is 31.3 Å². The largest absolute Gasteiger partial charge is 0.0912 e. The molecule has 0 unspecified atom stereocenters. The molecule has 0 nitrogen and oxygen atoms in total. The minimum absolute atomic E-state index is 1.33. The third-order valence-electron chi connectivity index (χ3n) is 2.13. The molecule has 0 fully saturated rings. The minimum atomic E-state index is 1.33. The molecular formula is C8H10. The summed E-state index contributed by atoms with van der Waals surface area (Å²) in [6, 6.07) is 0. The Balaban J connectivity index is 2.23. The quantitative estimate of drug-likeness (QED) is 0.445. The highest BCUT2D eigenvalue weighted by Gasteiger charge is 2.28.